The number of rotatable bonds is 14. The molecule has 0 saturated heterocycles. The molecule has 0 atom stereocenters. The van der Waals surface area contributed by atoms with Crippen LogP contribution in [0.3, 0.4) is 0 Å². The van der Waals surface area contributed by atoms with E-state index in [1.807, 2.05) is 0 Å². The molecule has 0 unspecified atom stereocenters. The van der Waals surface area contributed by atoms with Gasteiger partial charge in [-0.2, -0.15) is 0 Å². The smallest absolute Gasteiger partial charge is 0.303 e. The van der Waals surface area contributed by atoms with Crippen molar-refractivity contribution in [2.24, 2.45) is 0 Å². The molecular formula is C17H36NO2+. The number of aliphatic carboxylic acids is 1. The van der Waals surface area contributed by atoms with E-state index in [0.717, 1.165) is 12.8 Å². The highest BCUT2D eigenvalue weighted by molar-refractivity contribution is 5.66. The summed E-state index contributed by atoms with van der Waals surface area (Å²) in [6.45, 7) is 4.87. The van der Waals surface area contributed by atoms with E-state index >= 15 is 0 Å². The third-order valence-corrected chi connectivity index (χ3v) is 4.02. The minimum Gasteiger partial charge on any atom is -0.481 e. The number of carboxylic acids is 1. The maximum absolute atomic E-state index is 10.4. The fourth-order valence-corrected chi connectivity index (χ4v) is 2.57. The highest BCUT2D eigenvalue weighted by Gasteiger charge is 2.12. The lowest BCUT2D eigenvalue weighted by Crippen LogP contribution is -2.41. The number of quaternary nitrogens is 1. The summed E-state index contributed by atoms with van der Waals surface area (Å²) in [7, 11) is 4.69. The Labute approximate surface area is 126 Å². The van der Waals surface area contributed by atoms with Crippen molar-refractivity contribution in [1.82, 2.24) is 0 Å². The summed E-state index contributed by atoms with van der Waals surface area (Å²) in [6.07, 6.45) is 12.7. The van der Waals surface area contributed by atoms with E-state index in [4.69, 9.17) is 5.11 Å². The minimum absolute atomic E-state index is 0.338. The van der Waals surface area contributed by atoms with Gasteiger partial charge >= 0.3 is 5.97 Å². The molecule has 0 aromatic heterocycles. The Morgan fingerprint density at radius 3 is 1.75 bits per heavy atom. The molecule has 0 spiro atoms. The Morgan fingerprint density at radius 1 is 0.800 bits per heavy atom. The number of carboxylic acid groups (broad SMARTS) is 1. The second-order valence-electron chi connectivity index (χ2n) is 6.71. The Bertz CT molecular complexity index is 239. The van der Waals surface area contributed by atoms with Crippen LogP contribution in [0.1, 0.15) is 77.6 Å². The predicted octanol–water partition coefficient (Wildman–Crippen LogP) is 4.46. The van der Waals surface area contributed by atoms with Crippen LogP contribution in [0.5, 0.6) is 0 Å². The van der Waals surface area contributed by atoms with E-state index in [1.54, 1.807) is 0 Å². The molecule has 0 aliphatic heterocycles. The molecule has 3 heteroatoms. The van der Waals surface area contributed by atoms with Crippen molar-refractivity contribution >= 4 is 5.97 Å². The van der Waals surface area contributed by atoms with Gasteiger partial charge in [0.05, 0.1) is 27.2 Å². The maximum Gasteiger partial charge on any atom is 0.303 e. The second-order valence-corrected chi connectivity index (χ2v) is 6.71. The summed E-state index contributed by atoms with van der Waals surface area (Å²) in [4.78, 5) is 10.4. The van der Waals surface area contributed by atoms with Crippen LogP contribution in [0, 0.1) is 0 Å². The molecule has 0 fully saturated rings. The van der Waals surface area contributed by atoms with Gasteiger partial charge in [-0.05, 0) is 25.7 Å². The molecule has 0 heterocycles. The van der Waals surface area contributed by atoms with E-state index in [9.17, 15) is 4.79 Å². The lowest BCUT2D eigenvalue weighted by atomic mass is 10.1. The summed E-state index contributed by atoms with van der Waals surface area (Å²) >= 11 is 0. The number of nitrogens with zero attached hydrogens (tertiary/aromatic N) is 1. The molecule has 0 aliphatic rings. The molecule has 3 nitrogen and oxygen atoms in total. The third kappa shape index (κ3) is 13.9. The molecule has 120 valence electrons. The van der Waals surface area contributed by atoms with Gasteiger partial charge < -0.3 is 9.59 Å². The van der Waals surface area contributed by atoms with Gasteiger partial charge in [-0.25, -0.2) is 0 Å². The van der Waals surface area contributed by atoms with Crippen LogP contribution >= 0.6 is 0 Å². The van der Waals surface area contributed by atoms with E-state index < -0.39 is 5.97 Å². The molecule has 0 aromatic rings. The number of unbranched alkanes of at least 4 members (excludes halogenated alkanes) is 8. The zero-order chi connectivity index (χ0) is 15.3. The van der Waals surface area contributed by atoms with Gasteiger partial charge in [0.2, 0.25) is 0 Å². The predicted molar refractivity (Wildman–Crippen MR) is 85.9 cm³/mol. The van der Waals surface area contributed by atoms with Crippen LogP contribution in [0.4, 0.5) is 0 Å². The highest BCUT2D eigenvalue weighted by Crippen LogP contribution is 2.11. The average Bonchev–Trinajstić information content (AvgIpc) is 2.38. The lowest BCUT2D eigenvalue weighted by Gasteiger charge is -2.29. The van der Waals surface area contributed by atoms with Crippen molar-refractivity contribution in [2.75, 3.05) is 27.2 Å². The molecule has 0 amide bonds. The Kier molecular flexibility index (Phi) is 11.8. The summed E-state index contributed by atoms with van der Waals surface area (Å²) in [5.74, 6) is -0.659. The monoisotopic (exact) mass is 286 g/mol. The first-order chi connectivity index (χ1) is 9.48. The molecule has 0 aliphatic carbocycles. The Morgan fingerprint density at radius 2 is 1.25 bits per heavy atom. The van der Waals surface area contributed by atoms with Gasteiger partial charge in [0.25, 0.3) is 0 Å². The zero-order valence-electron chi connectivity index (χ0n) is 14.0. The van der Waals surface area contributed by atoms with Crippen molar-refractivity contribution in [3.8, 4) is 0 Å². The molecule has 0 radical (unpaired) electrons. The summed E-state index contributed by atoms with van der Waals surface area (Å²) in [5, 5.41) is 8.53. The van der Waals surface area contributed by atoms with Crippen LogP contribution in [0.2, 0.25) is 0 Å². The molecule has 0 saturated carbocycles. The zero-order valence-corrected chi connectivity index (χ0v) is 14.0. The van der Waals surface area contributed by atoms with Crippen molar-refractivity contribution in [3.05, 3.63) is 0 Å². The van der Waals surface area contributed by atoms with Crippen LogP contribution in [-0.4, -0.2) is 42.7 Å². The molecule has 0 rings (SSSR count). The van der Waals surface area contributed by atoms with Crippen molar-refractivity contribution in [1.29, 1.82) is 0 Å². The first-order valence-corrected chi connectivity index (χ1v) is 8.52. The van der Waals surface area contributed by atoms with Gasteiger partial charge in [0.1, 0.15) is 0 Å². The van der Waals surface area contributed by atoms with Gasteiger partial charge in [0, 0.05) is 6.42 Å². The topological polar surface area (TPSA) is 37.3 Å². The van der Waals surface area contributed by atoms with Crippen LogP contribution in [-0.2, 0) is 4.79 Å². The standard InChI is InChI=1S/C17H35NO2/c1-4-5-15-18(2,3)16-13-11-9-7-6-8-10-12-14-17(19)20/h4-16H2,1-3H3/p+1. The minimum atomic E-state index is -0.659. The maximum atomic E-state index is 10.4. The normalized spacial score (nSPS) is 11.8. The molecular weight excluding hydrogens is 250 g/mol. The van der Waals surface area contributed by atoms with Gasteiger partial charge in [0.15, 0.2) is 0 Å². The first-order valence-electron chi connectivity index (χ1n) is 8.52. The third-order valence-electron chi connectivity index (χ3n) is 4.02. The fourth-order valence-electron chi connectivity index (χ4n) is 2.57. The van der Waals surface area contributed by atoms with Crippen molar-refractivity contribution in [3.63, 3.8) is 0 Å². The number of hydrogen-bond acceptors (Lipinski definition) is 1. The van der Waals surface area contributed by atoms with Crippen LogP contribution < -0.4 is 0 Å². The first kappa shape index (κ1) is 19.4. The SMILES string of the molecule is CCCC[N+](C)(C)CCCCCCCCCCC(=O)O. The van der Waals surface area contributed by atoms with Gasteiger partial charge in [-0.3, -0.25) is 4.79 Å². The van der Waals surface area contributed by atoms with E-state index in [1.165, 1.54) is 68.9 Å². The van der Waals surface area contributed by atoms with Gasteiger partial charge in [-0.15, -0.1) is 0 Å². The summed E-state index contributed by atoms with van der Waals surface area (Å²) < 4.78 is 1.17. The summed E-state index contributed by atoms with van der Waals surface area (Å²) in [6, 6.07) is 0. The largest absolute Gasteiger partial charge is 0.481 e. The quantitative estimate of drug-likeness (QED) is 0.378. The van der Waals surface area contributed by atoms with Crippen molar-refractivity contribution < 1.29 is 14.4 Å². The number of hydrogen-bond donors (Lipinski definition) is 1. The van der Waals surface area contributed by atoms with Crippen LogP contribution in [0.15, 0.2) is 0 Å². The lowest BCUT2D eigenvalue weighted by molar-refractivity contribution is -0.890. The molecule has 1 N–H and O–H groups in total. The molecule has 0 aromatic carbocycles. The Hall–Kier alpha value is -0.570. The average molecular weight is 286 g/mol. The second kappa shape index (κ2) is 12.2. The summed E-state index contributed by atoms with van der Waals surface area (Å²) in [5.41, 5.74) is 0. The molecule has 0 bridgehead atoms. The van der Waals surface area contributed by atoms with Gasteiger partial charge in [-0.1, -0.05) is 45.4 Å². The van der Waals surface area contributed by atoms with E-state index in [2.05, 4.69) is 21.0 Å². The van der Waals surface area contributed by atoms with Crippen LogP contribution in [0.25, 0.3) is 0 Å². The van der Waals surface area contributed by atoms with Crippen molar-refractivity contribution in [2.45, 2.75) is 77.6 Å². The fraction of sp³-hybridized carbons (Fsp3) is 0.941. The van der Waals surface area contributed by atoms with E-state index in [-0.39, 0.29) is 0 Å². The molecule has 20 heavy (non-hydrogen) atoms. The number of carbonyl (C=O) groups is 1. The van der Waals surface area contributed by atoms with E-state index in [0.29, 0.717) is 6.42 Å². The highest BCUT2D eigenvalue weighted by atomic mass is 16.4. The Balaban J connectivity index is 3.26.